The summed E-state index contributed by atoms with van der Waals surface area (Å²) in [6.45, 7) is 0.150. The zero-order valence-electron chi connectivity index (χ0n) is 13.2. The molecule has 0 aromatic carbocycles. The first kappa shape index (κ1) is 15.4. The summed E-state index contributed by atoms with van der Waals surface area (Å²) in [5.74, 6) is -0.701. The van der Waals surface area contributed by atoms with Gasteiger partial charge in [-0.3, -0.25) is 14.3 Å². The van der Waals surface area contributed by atoms with Gasteiger partial charge in [0.25, 0.3) is 11.5 Å². The predicted molar refractivity (Wildman–Crippen MR) is 87.4 cm³/mol. The van der Waals surface area contributed by atoms with E-state index in [2.05, 4.69) is 5.10 Å². The maximum absolute atomic E-state index is 12.8. The molecule has 0 unspecified atom stereocenters. The number of carbonyl (C=O) groups is 1. The first-order valence-corrected chi connectivity index (χ1v) is 9.41. The second kappa shape index (κ2) is 4.69. The number of rotatable bonds is 5. The van der Waals surface area contributed by atoms with Crippen molar-refractivity contribution >= 4 is 26.6 Å². The summed E-state index contributed by atoms with van der Waals surface area (Å²) in [5, 5.41) is 4.15. The molecule has 4 rings (SSSR count). The number of nitrogens with zero attached hydrogens (tertiary/aromatic N) is 3. The number of pyridine rings is 1. The van der Waals surface area contributed by atoms with Gasteiger partial charge >= 0.3 is 0 Å². The largest absolute Gasteiger partial charge is 0.364 e. The third-order valence-electron chi connectivity index (χ3n) is 5.03. The maximum atomic E-state index is 12.8. The molecule has 2 N–H and O–H groups in total. The Kier molecular flexibility index (Phi) is 3.00. The van der Waals surface area contributed by atoms with Gasteiger partial charge < -0.3 is 10.3 Å². The van der Waals surface area contributed by atoms with Gasteiger partial charge in [-0.05, 0) is 31.7 Å². The van der Waals surface area contributed by atoms with Crippen molar-refractivity contribution < 1.29 is 13.2 Å². The SMILES string of the molecule is Cn1nc(C(N)=O)c2ccn(CC3(S(=O)(=O)C4CC4)CC3)c(=O)c21. The molecule has 128 valence electrons. The fraction of sp³-hybridized carbons (Fsp3) is 0.533. The van der Waals surface area contributed by atoms with Crippen molar-refractivity contribution in [3.05, 3.63) is 28.3 Å². The minimum atomic E-state index is -3.20. The number of nitrogens with two attached hydrogens (primary N) is 1. The van der Waals surface area contributed by atoms with Gasteiger partial charge in [0, 0.05) is 25.2 Å². The Bertz CT molecular complexity index is 1030. The van der Waals surface area contributed by atoms with E-state index in [4.69, 9.17) is 5.73 Å². The first-order chi connectivity index (χ1) is 11.3. The highest BCUT2D eigenvalue weighted by Gasteiger charge is 2.59. The molecule has 8 nitrogen and oxygen atoms in total. The third kappa shape index (κ3) is 2.03. The van der Waals surface area contributed by atoms with E-state index >= 15 is 0 Å². The molecule has 2 aliphatic rings. The van der Waals surface area contributed by atoms with Crippen LogP contribution in [0.4, 0.5) is 0 Å². The number of aryl methyl sites for hydroxylation is 1. The average molecular weight is 350 g/mol. The van der Waals surface area contributed by atoms with E-state index in [1.54, 1.807) is 13.1 Å². The van der Waals surface area contributed by atoms with Gasteiger partial charge in [0.15, 0.2) is 15.5 Å². The highest BCUT2D eigenvalue weighted by Crippen LogP contribution is 2.51. The number of amides is 1. The van der Waals surface area contributed by atoms with E-state index < -0.39 is 20.5 Å². The van der Waals surface area contributed by atoms with Crippen molar-refractivity contribution in [3.8, 4) is 0 Å². The summed E-state index contributed by atoms with van der Waals surface area (Å²) >= 11 is 0. The van der Waals surface area contributed by atoms with E-state index in [0.29, 0.717) is 18.2 Å². The summed E-state index contributed by atoms with van der Waals surface area (Å²) in [5.41, 5.74) is 5.23. The van der Waals surface area contributed by atoms with Gasteiger partial charge in [-0.25, -0.2) is 8.42 Å². The number of hydrogen-bond acceptors (Lipinski definition) is 5. The Morgan fingerprint density at radius 3 is 2.62 bits per heavy atom. The van der Waals surface area contributed by atoms with E-state index in [1.807, 2.05) is 0 Å². The van der Waals surface area contributed by atoms with Gasteiger partial charge in [0.05, 0.1) is 10.00 Å². The Hall–Kier alpha value is -2.16. The minimum absolute atomic E-state index is 0.0449. The number of primary amides is 1. The topological polar surface area (TPSA) is 117 Å². The molecular formula is C15H18N4O4S. The van der Waals surface area contributed by atoms with Crippen LogP contribution < -0.4 is 11.3 Å². The highest BCUT2D eigenvalue weighted by molar-refractivity contribution is 7.94. The van der Waals surface area contributed by atoms with Crippen LogP contribution in [0.5, 0.6) is 0 Å². The lowest BCUT2D eigenvalue weighted by molar-refractivity contribution is 0.0996. The van der Waals surface area contributed by atoms with Crippen molar-refractivity contribution in [3.63, 3.8) is 0 Å². The van der Waals surface area contributed by atoms with Crippen LogP contribution >= 0.6 is 0 Å². The van der Waals surface area contributed by atoms with Crippen molar-refractivity contribution in [2.24, 2.45) is 12.8 Å². The highest BCUT2D eigenvalue weighted by atomic mass is 32.2. The molecule has 24 heavy (non-hydrogen) atoms. The molecule has 0 radical (unpaired) electrons. The predicted octanol–water partition coefficient (Wildman–Crippen LogP) is -0.0563. The fourth-order valence-corrected chi connectivity index (χ4v) is 5.79. The summed E-state index contributed by atoms with van der Waals surface area (Å²) in [6, 6.07) is 1.60. The number of aromatic nitrogens is 3. The molecular weight excluding hydrogens is 332 g/mol. The lowest BCUT2D eigenvalue weighted by Gasteiger charge is -2.17. The van der Waals surface area contributed by atoms with Crippen LogP contribution in [-0.2, 0) is 23.4 Å². The van der Waals surface area contributed by atoms with Crippen LogP contribution in [-0.4, -0.2) is 38.7 Å². The van der Waals surface area contributed by atoms with Crippen molar-refractivity contribution in [1.82, 2.24) is 14.3 Å². The Morgan fingerprint density at radius 2 is 2.08 bits per heavy atom. The van der Waals surface area contributed by atoms with E-state index in [1.165, 1.54) is 15.4 Å². The van der Waals surface area contributed by atoms with Gasteiger partial charge in [-0.15, -0.1) is 0 Å². The van der Waals surface area contributed by atoms with E-state index in [9.17, 15) is 18.0 Å². The Morgan fingerprint density at radius 1 is 1.42 bits per heavy atom. The molecule has 2 aliphatic carbocycles. The zero-order valence-corrected chi connectivity index (χ0v) is 14.0. The van der Waals surface area contributed by atoms with Crippen LogP contribution in [0, 0.1) is 0 Å². The number of fused-ring (bicyclic) bond motifs is 1. The molecule has 0 atom stereocenters. The lowest BCUT2D eigenvalue weighted by atomic mass is 10.2. The van der Waals surface area contributed by atoms with Crippen molar-refractivity contribution in [1.29, 1.82) is 0 Å². The van der Waals surface area contributed by atoms with Crippen LogP contribution in [0.2, 0.25) is 0 Å². The lowest BCUT2D eigenvalue weighted by Crippen LogP contribution is -2.35. The molecule has 2 aromatic rings. The third-order valence-corrected chi connectivity index (χ3v) is 8.13. The normalized spacial score (nSPS) is 19.5. The maximum Gasteiger partial charge on any atom is 0.276 e. The zero-order chi connectivity index (χ0) is 17.3. The quantitative estimate of drug-likeness (QED) is 0.811. The number of carbonyl (C=O) groups excluding carboxylic acids is 1. The Balaban J connectivity index is 1.79. The number of hydrogen-bond donors (Lipinski definition) is 1. The molecule has 1 amide bonds. The molecule has 9 heteroatoms. The molecule has 2 saturated carbocycles. The van der Waals surface area contributed by atoms with Crippen LogP contribution in [0.25, 0.3) is 10.9 Å². The number of sulfone groups is 1. The standard InChI is InChI=1S/C15H18N4O4S/c1-18-12-10(11(17-18)13(16)20)4-7-19(14(12)21)8-15(5-6-15)24(22,23)9-2-3-9/h4,7,9H,2-3,5-6,8H2,1H3,(H2,16,20). The molecule has 0 saturated heterocycles. The minimum Gasteiger partial charge on any atom is -0.364 e. The van der Waals surface area contributed by atoms with Crippen LogP contribution in [0.1, 0.15) is 36.2 Å². The van der Waals surface area contributed by atoms with Gasteiger partial charge in [-0.1, -0.05) is 0 Å². The molecule has 0 spiro atoms. The smallest absolute Gasteiger partial charge is 0.276 e. The summed E-state index contributed by atoms with van der Waals surface area (Å²) < 4.78 is 27.2. The summed E-state index contributed by atoms with van der Waals surface area (Å²) in [4.78, 5) is 24.2. The average Bonchev–Trinajstić information content (AvgIpc) is 3.40. The van der Waals surface area contributed by atoms with Gasteiger partial charge in [-0.2, -0.15) is 5.10 Å². The molecule has 2 fully saturated rings. The van der Waals surface area contributed by atoms with Gasteiger partial charge in [0.2, 0.25) is 0 Å². The molecule has 2 aromatic heterocycles. The first-order valence-electron chi connectivity index (χ1n) is 7.86. The van der Waals surface area contributed by atoms with E-state index in [0.717, 1.165) is 12.8 Å². The molecule has 2 heterocycles. The van der Waals surface area contributed by atoms with Gasteiger partial charge in [0.1, 0.15) is 5.52 Å². The van der Waals surface area contributed by atoms with Crippen molar-refractivity contribution in [2.75, 3.05) is 0 Å². The van der Waals surface area contributed by atoms with Crippen molar-refractivity contribution in [2.45, 2.75) is 42.2 Å². The fourth-order valence-electron chi connectivity index (χ4n) is 3.34. The Labute approximate surface area is 138 Å². The second-order valence-electron chi connectivity index (χ2n) is 6.77. The van der Waals surface area contributed by atoms with Crippen LogP contribution in [0.3, 0.4) is 0 Å². The molecule has 0 aliphatic heterocycles. The summed E-state index contributed by atoms with van der Waals surface area (Å²) in [6.07, 6.45) is 4.16. The summed E-state index contributed by atoms with van der Waals surface area (Å²) in [7, 11) is -1.63. The second-order valence-corrected chi connectivity index (χ2v) is 9.40. The monoisotopic (exact) mass is 350 g/mol. The molecule has 0 bridgehead atoms. The van der Waals surface area contributed by atoms with E-state index in [-0.39, 0.29) is 28.6 Å². The van der Waals surface area contributed by atoms with Crippen LogP contribution in [0.15, 0.2) is 17.1 Å².